The van der Waals surface area contributed by atoms with Gasteiger partial charge in [0.25, 0.3) is 5.91 Å². The molecule has 1 amide bonds. The third-order valence-electron chi connectivity index (χ3n) is 4.69. The molecule has 2 rings (SSSR count). The average Bonchev–Trinajstić information content (AvgIpc) is 2.65. The number of ether oxygens (including phenoxy) is 1. The van der Waals surface area contributed by atoms with Crippen LogP contribution >= 0.6 is 11.8 Å². The van der Waals surface area contributed by atoms with E-state index in [9.17, 15) is 13.2 Å². The molecule has 1 saturated carbocycles. The van der Waals surface area contributed by atoms with E-state index < -0.39 is 16.1 Å². The SMILES string of the molecule is C[C@@H](Oc1ccc(N(C)S(C)(=O)=O)cc1)C(=O)NCCSC1CCCCC1. The molecule has 1 N–H and O–H groups in total. The summed E-state index contributed by atoms with van der Waals surface area (Å²) < 4.78 is 29.9. The number of rotatable bonds is 9. The van der Waals surface area contributed by atoms with E-state index in [2.05, 4.69) is 5.32 Å². The number of thioether (sulfide) groups is 1. The van der Waals surface area contributed by atoms with Crippen LogP contribution in [0.25, 0.3) is 0 Å². The van der Waals surface area contributed by atoms with E-state index in [1.54, 1.807) is 31.2 Å². The maximum Gasteiger partial charge on any atom is 0.260 e. The van der Waals surface area contributed by atoms with E-state index in [0.29, 0.717) is 18.0 Å². The van der Waals surface area contributed by atoms with Crippen LogP contribution in [0.3, 0.4) is 0 Å². The van der Waals surface area contributed by atoms with Crippen molar-refractivity contribution in [2.75, 3.05) is 29.9 Å². The van der Waals surface area contributed by atoms with Crippen molar-refractivity contribution in [3.05, 3.63) is 24.3 Å². The Morgan fingerprint density at radius 2 is 1.89 bits per heavy atom. The Bertz CT molecular complexity index is 701. The minimum absolute atomic E-state index is 0.142. The maximum atomic E-state index is 12.2. The molecule has 1 atom stereocenters. The van der Waals surface area contributed by atoms with Crippen LogP contribution in [-0.4, -0.2) is 51.3 Å². The monoisotopic (exact) mass is 414 g/mol. The van der Waals surface area contributed by atoms with Crippen LogP contribution < -0.4 is 14.4 Å². The molecule has 0 aliphatic heterocycles. The number of nitrogens with zero attached hydrogens (tertiary/aromatic N) is 1. The summed E-state index contributed by atoms with van der Waals surface area (Å²) in [5, 5.41) is 3.66. The van der Waals surface area contributed by atoms with Crippen molar-refractivity contribution in [3.8, 4) is 5.75 Å². The van der Waals surface area contributed by atoms with Crippen molar-refractivity contribution in [3.63, 3.8) is 0 Å². The van der Waals surface area contributed by atoms with Gasteiger partial charge in [0, 0.05) is 24.6 Å². The number of hydrogen-bond acceptors (Lipinski definition) is 5. The van der Waals surface area contributed by atoms with E-state index in [0.717, 1.165) is 17.3 Å². The van der Waals surface area contributed by atoms with Crippen LogP contribution in [-0.2, 0) is 14.8 Å². The smallest absolute Gasteiger partial charge is 0.260 e. The van der Waals surface area contributed by atoms with Crippen LogP contribution in [0.5, 0.6) is 5.75 Å². The van der Waals surface area contributed by atoms with Crippen molar-refractivity contribution < 1.29 is 17.9 Å². The Labute approximate surface area is 167 Å². The Kier molecular flexibility index (Phi) is 8.28. The van der Waals surface area contributed by atoms with Gasteiger partial charge in [0.05, 0.1) is 11.9 Å². The van der Waals surface area contributed by atoms with Crippen LogP contribution in [0.2, 0.25) is 0 Å². The number of anilines is 1. The summed E-state index contributed by atoms with van der Waals surface area (Å²) in [5.41, 5.74) is 0.543. The minimum Gasteiger partial charge on any atom is -0.481 e. The molecule has 0 spiro atoms. The van der Waals surface area contributed by atoms with E-state index in [1.165, 1.54) is 43.5 Å². The van der Waals surface area contributed by atoms with Gasteiger partial charge in [0.2, 0.25) is 10.0 Å². The first-order chi connectivity index (χ1) is 12.8. The summed E-state index contributed by atoms with van der Waals surface area (Å²) in [5.74, 6) is 1.31. The Balaban J connectivity index is 1.73. The summed E-state index contributed by atoms with van der Waals surface area (Å²) in [7, 11) is -1.81. The molecule has 0 unspecified atom stereocenters. The molecule has 0 heterocycles. The van der Waals surface area contributed by atoms with Gasteiger partial charge in [0.15, 0.2) is 6.10 Å². The molecule has 0 aromatic heterocycles. The van der Waals surface area contributed by atoms with E-state index in [-0.39, 0.29) is 5.91 Å². The molecule has 152 valence electrons. The molecule has 8 heteroatoms. The van der Waals surface area contributed by atoms with E-state index in [4.69, 9.17) is 4.74 Å². The molecule has 1 aliphatic carbocycles. The summed E-state index contributed by atoms with van der Waals surface area (Å²) in [6.07, 6.45) is 7.14. The van der Waals surface area contributed by atoms with Gasteiger partial charge in [-0.15, -0.1) is 0 Å². The van der Waals surface area contributed by atoms with Gasteiger partial charge in [0.1, 0.15) is 5.75 Å². The molecule has 1 aromatic carbocycles. The molecular weight excluding hydrogens is 384 g/mol. The number of sulfonamides is 1. The fourth-order valence-electron chi connectivity index (χ4n) is 2.96. The van der Waals surface area contributed by atoms with Gasteiger partial charge in [-0.05, 0) is 44.0 Å². The first kappa shape index (κ1) is 21.9. The molecule has 1 aromatic rings. The first-order valence-corrected chi connectivity index (χ1v) is 12.3. The van der Waals surface area contributed by atoms with Gasteiger partial charge < -0.3 is 10.1 Å². The molecular formula is C19H30N2O4S2. The van der Waals surface area contributed by atoms with Gasteiger partial charge in [-0.25, -0.2) is 8.42 Å². The molecule has 6 nitrogen and oxygen atoms in total. The van der Waals surface area contributed by atoms with Crippen LogP contribution in [0.4, 0.5) is 5.69 Å². The minimum atomic E-state index is -3.30. The molecule has 0 radical (unpaired) electrons. The maximum absolute atomic E-state index is 12.2. The summed E-state index contributed by atoms with van der Waals surface area (Å²) in [6, 6.07) is 6.64. The first-order valence-electron chi connectivity index (χ1n) is 9.37. The third kappa shape index (κ3) is 7.25. The second-order valence-corrected chi connectivity index (χ2v) is 10.3. The van der Waals surface area contributed by atoms with Crippen molar-refractivity contribution in [2.24, 2.45) is 0 Å². The predicted molar refractivity (Wildman–Crippen MR) is 112 cm³/mol. The number of nitrogens with one attached hydrogen (secondary N) is 1. The highest BCUT2D eigenvalue weighted by Crippen LogP contribution is 2.27. The van der Waals surface area contributed by atoms with E-state index >= 15 is 0 Å². The highest BCUT2D eigenvalue weighted by Gasteiger charge is 2.17. The zero-order valence-electron chi connectivity index (χ0n) is 16.3. The lowest BCUT2D eigenvalue weighted by Crippen LogP contribution is -2.37. The number of carbonyl (C=O) groups excluding carboxylic acids is 1. The fraction of sp³-hybridized carbons (Fsp3) is 0.632. The number of hydrogen-bond donors (Lipinski definition) is 1. The van der Waals surface area contributed by atoms with Crippen molar-refractivity contribution >= 4 is 33.4 Å². The van der Waals surface area contributed by atoms with Crippen LogP contribution in [0.1, 0.15) is 39.0 Å². The van der Waals surface area contributed by atoms with Crippen molar-refractivity contribution in [2.45, 2.75) is 50.4 Å². The average molecular weight is 415 g/mol. The molecule has 1 fully saturated rings. The van der Waals surface area contributed by atoms with Crippen LogP contribution in [0.15, 0.2) is 24.3 Å². The Hall–Kier alpha value is -1.41. The number of amides is 1. The van der Waals surface area contributed by atoms with Crippen molar-refractivity contribution in [1.82, 2.24) is 5.32 Å². The Morgan fingerprint density at radius 1 is 1.26 bits per heavy atom. The topological polar surface area (TPSA) is 75.7 Å². The number of benzene rings is 1. The Morgan fingerprint density at radius 3 is 2.48 bits per heavy atom. The lowest BCUT2D eigenvalue weighted by atomic mass is 10.0. The predicted octanol–water partition coefficient (Wildman–Crippen LogP) is 3.03. The van der Waals surface area contributed by atoms with Gasteiger partial charge in [-0.3, -0.25) is 9.10 Å². The summed E-state index contributed by atoms with van der Waals surface area (Å²) in [6.45, 7) is 2.35. The van der Waals surface area contributed by atoms with Gasteiger partial charge >= 0.3 is 0 Å². The molecule has 1 aliphatic rings. The lowest BCUT2D eigenvalue weighted by molar-refractivity contribution is -0.127. The highest BCUT2D eigenvalue weighted by molar-refractivity contribution is 7.99. The fourth-order valence-corrected chi connectivity index (χ4v) is 4.68. The third-order valence-corrected chi connectivity index (χ3v) is 7.28. The second kappa shape index (κ2) is 10.2. The largest absolute Gasteiger partial charge is 0.481 e. The molecule has 27 heavy (non-hydrogen) atoms. The standard InChI is InChI=1S/C19H30N2O4S2/c1-15(19(22)20-13-14-26-18-7-5-4-6-8-18)25-17-11-9-16(10-12-17)21(2)27(3,23)24/h9-12,15,18H,4-8,13-14H2,1-3H3,(H,20,22)/t15-/m1/s1. The normalized spacial score (nSPS) is 16.6. The molecule has 0 saturated heterocycles. The summed E-state index contributed by atoms with van der Waals surface area (Å²) >= 11 is 1.95. The summed E-state index contributed by atoms with van der Waals surface area (Å²) in [4.78, 5) is 12.2. The lowest BCUT2D eigenvalue weighted by Gasteiger charge is -2.21. The quantitative estimate of drug-likeness (QED) is 0.629. The number of carbonyl (C=O) groups is 1. The highest BCUT2D eigenvalue weighted by atomic mass is 32.2. The van der Waals surface area contributed by atoms with Crippen molar-refractivity contribution in [1.29, 1.82) is 0 Å². The van der Waals surface area contributed by atoms with Gasteiger partial charge in [-0.1, -0.05) is 19.3 Å². The molecule has 0 bridgehead atoms. The zero-order chi connectivity index (χ0) is 19.9. The van der Waals surface area contributed by atoms with E-state index in [1.807, 2.05) is 11.8 Å². The second-order valence-electron chi connectivity index (χ2n) is 6.91. The van der Waals surface area contributed by atoms with Gasteiger partial charge in [-0.2, -0.15) is 11.8 Å². The zero-order valence-corrected chi connectivity index (χ0v) is 17.9. The van der Waals surface area contributed by atoms with Crippen LogP contribution in [0, 0.1) is 0 Å².